The van der Waals surface area contributed by atoms with E-state index in [4.69, 9.17) is 14.2 Å². The third-order valence-corrected chi connectivity index (χ3v) is 5.37. The molecule has 0 fully saturated rings. The van der Waals surface area contributed by atoms with E-state index in [0.717, 1.165) is 27.6 Å². The second-order valence-corrected chi connectivity index (χ2v) is 8.69. The summed E-state index contributed by atoms with van der Waals surface area (Å²) < 4.78 is 18.6. The number of methoxy groups -OCH3 is 1. The van der Waals surface area contributed by atoms with Crippen molar-refractivity contribution in [2.75, 3.05) is 13.7 Å². The van der Waals surface area contributed by atoms with Crippen LogP contribution in [0.25, 0.3) is 22.0 Å². The maximum absolute atomic E-state index is 13.9. The molecule has 0 atom stereocenters. The predicted molar refractivity (Wildman–Crippen MR) is 122 cm³/mol. The molecule has 2 aromatic carbocycles. The largest absolute Gasteiger partial charge is 0.497 e. The fourth-order valence-corrected chi connectivity index (χ4v) is 4.01. The van der Waals surface area contributed by atoms with E-state index >= 15 is 0 Å². The molecule has 2 amide bonds. The number of aromatic nitrogens is 1. The van der Waals surface area contributed by atoms with Gasteiger partial charge in [-0.1, -0.05) is 24.3 Å². The van der Waals surface area contributed by atoms with Gasteiger partial charge in [-0.3, -0.25) is 4.79 Å². The van der Waals surface area contributed by atoms with Crippen LogP contribution in [0.2, 0.25) is 0 Å². The van der Waals surface area contributed by atoms with Gasteiger partial charge in [0.2, 0.25) is 0 Å². The molecule has 3 aromatic rings. The molecule has 0 aliphatic carbocycles. The predicted octanol–water partition coefficient (Wildman–Crippen LogP) is 5.20. The summed E-state index contributed by atoms with van der Waals surface area (Å²) in [7, 11) is 1.61. The highest BCUT2D eigenvalue weighted by Crippen LogP contribution is 2.41. The van der Waals surface area contributed by atoms with Crippen LogP contribution >= 0.6 is 0 Å². The van der Waals surface area contributed by atoms with Gasteiger partial charge in [0.1, 0.15) is 23.8 Å². The lowest BCUT2D eigenvalue weighted by Crippen LogP contribution is -2.40. The number of hydrogen-bond acceptors (Lipinski definition) is 5. The number of carbonyl (C=O) groups excluding carboxylic acids is 2. The number of hydrogen-bond donors (Lipinski definition) is 0. The number of benzene rings is 2. The van der Waals surface area contributed by atoms with Crippen LogP contribution in [0.15, 0.2) is 42.5 Å². The van der Waals surface area contributed by atoms with Crippen molar-refractivity contribution >= 4 is 22.9 Å². The lowest BCUT2D eigenvalue weighted by atomic mass is 9.98. The number of ether oxygens (including phenoxy) is 3. The van der Waals surface area contributed by atoms with Gasteiger partial charge in [0.15, 0.2) is 0 Å². The third kappa shape index (κ3) is 3.84. The molecule has 4 rings (SSSR count). The molecule has 0 N–H and O–H groups in total. The van der Waals surface area contributed by atoms with Gasteiger partial charge in [-0.2, -0.15) is 0 Å². The van der Waals surface area contributed by atoms with Crippen LogP contribution in [0.4, 0.5) is 4.79 Å². The van der Waals surface area contributed by atoms with Gasteiger partial charge in [-0.25, -0.2) is 9.69 Å². The molecule has 0 radical (unpaired) electrons. The summed E-state index contributed by atoms with van der Waals surface area (Å²) in [4.78, 5) is 28.1. The molecule has 7 nitrogen and oxygen atoms in total. The van der Waals surface area contributed by atoms with E-state index in [1.165, 1.54) is 4.90 Å². The third-order valence-electron chi connectivity index (χ3n) is 5.37. The first-order chi connectivity index (χ1) is 15.2. The molecular formula is C25H28N2O5. The first-order valence-corrected chi connectivity index (χ1v) is 10.7. The molecule has 0 saturated heterocycles. The number of fused-ring (bicyclic) bond motifs is 5. The molecule has 168 valence electrons. The second-order valence-electron chi connectivity index (χ2n) is 8.69. The van der Waals surface area contributed by atoms with Crippen molar-refractivity contribution in [3.05, 3.63) is 53.7 Å². The van der Waals surface area contributed by atoms with Crippen LogP contribution in [0, 0.1) is 0 Å². The Hall–Kier alpha value is -3.32. The molecule has 0 bridgehead atoms. The lowest BCUT2D eigenvalue weighted by Gasteiger charge is -2.26. The first-order valence-electron chi connectivity index (χ1n) is 10.7. The minimum Gasteiger partial charge on any atom is -0.497 e. The molecule has 0 saturated carbocycles. The maximum atomic E-state index is 13.9. The van der Waals surface area contributed by atoms with E-state index in [0.29, 0.717) is 18.1 Å². The van der Waals surface area contributed by atoms with E-state index in [-0.39, 0.29) is 13.3 Å². The zero-order valence-corrected chi connectivity index (χ0v) is 19.1. The van der Waals surface area contributed by atoms with Crippen molar-refractivity contribution in [2.24, 2.45) is 0 Å². The Kier molecular flexibility index (Phi) is 5.69. The Morgan fingerprint density at radius 1 is 1.12 bits per heavy atom. The van der Waals surface area contributed by atoms with Crippen LogP contribution < -0.4 is 4.74 Å². The molecule has 0 unspecified atom stereocenters. The van der Waals surface area contributed by atoms with Crippen molar-refractivity contribution in [3.63, 3.8) is 0 Å². The smallest absolute Gasteiger partial charge is 0.417 e. The van der Waals surface area contributed by atoms with Gasteiger partial charge >= 0.3 is 6.09 Å². The maximum Gasteiger partial charge on any atom is 0.417 e. The normalized spacial score (nSPS) is 13.5. The Balaban J connectivity index is 2.01. The van der Waals surface area contributed by atoms with Gasteiger partial charge in [0, 0.05) is 17.6 Å². The fourth-order valence-electron chi connectivity index (χ4n) is 4.01. The van der Waals surface area contributed by atoms with Crippen LogP contribution in [-0.2, 0) is 22.7 Å². The van der Waals surface area contributed by atoms with Crippen molar-refractivity contribution < 1.29 is 23.8 Å². The van der Waals surface area contributed by atoms with E-state index in [1.54, 1.807) is 27.9 Å². The highest BCUT2D eigenvalue weighted by Gasteiger charge is 2.37. The van der Waals surface area contributed by atoms with Crippen molar-refractivity contribution in [1.29, 1.82) is 0 Å². The van der Waals surface area contributed by atoms with Crippen molar-refractivity contribution in [2.45, 2.75) is 46.6 Å². The van der Waals surface area contributed by atoms with Gasteiger partial charge in [-0.05, 0) is 57.0 Å². The summed E-state index contributed by atoms with van der Waals surface area (Å²) in [5.74, 6) is 0.271. The second kappa shape index (κ2) is 8.31. The summed E-state index contributed by atoms with van der Waals surface area (Å²) >= 11 is 0. The van der Waals surface area contributed by atoms with Gasteiger partial charge in [-0.15, -0.1) is 0 Å². The summed E-state index contributed by atoms with van der Waals surface area (Å²) in [6.45, 7) is 8.05. The van der Waals surface area contributed by atoms with E-state index in [9.17, 15) is 9.59 Å². The molecule has 0 spiro atoms. The van der Waals surface area contributed by atoms with Crippen molar-refractivity contribution in [1.82, 2.24) is 9.47 Å². The fraction of sp³-hybridized carbons (Fsp3) is 0.360. The van der Waals surface area contributed by atoms with E-state index in [2.05, 4.69) is 0 Å². The highest BCUT2D eigenvalue weighted by molar-refractivity contribution is 6.14. The summed E-state index contributed by atoms with van der Waals surface area (Å²) in [5, 5.41) is 0.867. The van der Waals surface area contributed by atoms with Crippen LogP contribution in [-0.4, -0.2) is 40.8 Å². The monoisotopic (exact) mass is 436 g/mol. The standard InChI is InChI=1S/C25H28N2O5/c1-6-31-15-27-20-12-11-17(30-5)13-19(20)21-18-10-8-7-9-16(18)14-26(23(28)22(21)27)24(29)32-25(2,3)4/h7-13H,6,14-15H2,1-5H3. The molecule has 7 heteroatoms. The Morgan fingerprint density at radius 2 is 1.88 bits per heavy atom. The Morgan fingerprint density at radius 3 is 2.56 bits per heavy atom. The molecule has 32 heavy (non-hydrogen) atoms. The van der Waals surface area contributed by atoms with Gasteiger partial charge in [0.05, 0.1) is 19.2 Å². The lowest BCUT2D eigenvalue weighted by molar-refractivity contribution is 0.0219. The first kappa shape index (κ1) is 21.9. The molecule has 1 aliphatic heterocycles. The van der Waals surface area contributed by atoms with Gasteiger partial charge in [0.25, 0.3) is 5.91 Å². The molecule has 1 aromatic heterocycles. The average molecular weight is 437 g/mol. The van der Waals surface area contributed by atoms with Crippen molar-refractivity contribution in [3.8, 4) is 16.9 Å². The summed E-state index contributed by atoms with van der Waals surface area (Å²) in [6, 6.07) is 13.4. The molecular weight excluding hydrogens is 408 g/mol. The molecule has 1 aliphatic rings. The molecule has 2 heterocycles. The van der Waals surface area contributed by atoms with Gasteiger partial charge < -0.3 is 18.8 Å². The topological polar surface area (TPSA) is 70.0 Å². The van der Waals surface area contributed by atoms with E-state index in [1.807, 2.05) is 54.0 Å². The summed E-state index contributed by atoms with van der Waals surface area (Å²) in [5.41, 5.74) is 3.04. The van der Waals surface area contributed by atoms with Crippen LogP contribution in [0.5, 0.6) is 5.75 Å². The number of amides is 2. The zero-order valence-electron chi connectivity index (χ0n) is 19.1. The van der Waals surface area contributed by atoms with E-state index < -0.39 is 17.6 Å². The number of carbonyl (C=O) groups is 2. The number of rotatable bonds is 4. The zero-order chi connectivity index (χ0) is 23.0. The quantitative estimate of drug-likeness (QED) is 0.562. The summed E-state index contributed by atoms with van der Waals surface area (Å²) in [6.07, 6.45) is -0.670. The highest BCUT2D eigenvalue weighted by atomic mass is 16.6. The average Bonchev–Trinajstić information content (AvgIpc) is 3.00. The minimum atomic E-state index is -0.725. The Labute approximate surface area is 187 Å². The minimum absolute atomic E-state index is 0.124. The number of imide groups is 1. The Bertz CT molecular complexity index is 1190. The van der Waals surface area contributed by atoms with Crippen LogP contribution in [0.1, 0.15) is 43.7 Å². The van der Waals surface area contributed by atoms with Crippen LogP contribution in [0.3, 0.4) is 0 Å². The SMILES string of the molecule is CCOCn1c2c(c3cc(OC)ccc31)-c1ccccc1CN(C(=O)OC(C)(C)C)C2=O. The number of nitrogens with zero attached hydrogens (tertiary/aromatic N) is 2.